The summed E-state index contributed by atoms with van der Waals surface area (Å²) in [5.74, 6) is 0.992. The topological polar surface area (TPSA) is 76.7 Å². The van der Waals surface area contributed by atoms with Crippen molar-refractivity contribution in [2.45, 2.75) is 39.7 Å². The second-order valence-electron chi connectivity index (χ2n) is 7.28. The summed E-state index contributed by atoms with van der Waals surface area (Å²) in [4.78, 5) is 24.7. The summed E-state index contributed by atoms with van der Waals surface area (Å²) in [6.07, 6.45) is 1.89. The van der Waals surface area contributed by atoms with E-state index in [1.165, 1.54) is 0 Å². The normalized spacial score (nSPS) is 13.2. The van der Waals surface area contributed by atoms with Crippen molar-refractivity contribution >= 4 is 23.2 Å². The number of carbonyl (C=O) groups is 2. The van der Waals surface area contributed by atoms with Crippen LogP contribution >= 0.6 is 0 Å². The molecule has 2 N–H and O–H groups in total. The van der Waals surface area contributed by atoms with Crippen LogP contribution in [0.2, 0.25) is 0 Å². The van der Waals surface area contributed by atoms with Gasteiger partial charge in [0.2, 0.25) is 5.91 Å². The van der Waals surface area contributed by atoms with Crippen LogP contribution in [-0.2, 0) is 4.79 Å². The third-order valence-electron chi connectivity index (χ3n) is 4.49. The molecule has 0 radical (unpaired) electrons. The molecular weight excluding hydrogens is 356 g/mol. The maximum absolute atomic E-state index is 12.7. The molecule has 0 bridgehead atoms. The number of rotatable bonds is 7. The predicted molar refractivity (Wildman–Crippen MR) is 109 cm³/mol. The summed E-state index contributed by atoms with van der Waals surface area (Å²) < 4.78 is 11.0. The van der Waals surface area contributed by atoms with Crippen LogP contribution in [-0.4, -0.2) is 25.0 Å². The number of anilines is 2. The molecule has 0 aromatic heterocycles. The number of hydrogen-bond donors (Lipinski definition) is 2. The molecule has 0 heterocycles. The van der Waals surface area contributed by atoms with Gasteiger partial charge in [0.1, 0.15) is 0 Å². The molecule has 3 rings (SSSR count). The molecule has 0 aliphatic heterocycles. The highest BCUT2D eigenvalue weighted by atomic mass is 16.5. The Morgan fingerprint density at radius 1 is 1.04 bits per heavy atom. The number of benzene rings is 2. The molecule has 0 saturated heterocycles. The molecule has 2 aromatic rings. The third kappa shape index (κ3) is 4.82. The first-order chi connectivity index (χ1) is 13.4. The van der Waals surface area contributed by atoms with E-state index in [0.717, 1.165) is 18.4 Å². The smallest absolute Gasteiger partial charge is 0.255 e. The predicted octanol–water partition coefficient (Wildman–Crippen LogP) is 4.39. The van der Waals surface area contributed by atoms with Gasteiger partial charge >= 0.3 is 0 Å². The lowest BCUT2D eigenvalue weighted by Crippen LogP contribution is -2.15. The Morgan fingerprint density at radius 2 is 1.79 bits per heavy atom. The highest BCUT2D eigenvalue weighted by Gasteiger charge is 2.29. The van der Waals surface area contributed by atoms with Crippen LogP contribution in [0.1, 0.15) is 42.6 Å². The minimum Gasteiger partial charge on any atom is -0.493 e. The standard InChI is InChI=1S/C22H26N2O4/c1-13(2)28-19-10-8-16(11-20(19)27-4)22(26)24-18-12-17(9-5-14(18)3)23-21(25)15-6-7-15/h5,8-13,15H,6-7H2,1-4H3,(H,23,25)(H,24,26). The van der Waals surface area contributed by atoms with Crippen molar-refractivity contribution in [3.05, 3.63) is 47.5 Å². The average Bonchev–Trinajstić information content (AvgIpc) is 3.49. The van der Waals surface area contributed by atoms with Crippen LogP contribution in [0, 0.1) is 12.8 Å². The summed E-state index contributed by atoms with van der Waals surface area (Å²) in [5.41, 5.74) is 2.69. The van der Waals surface area contributed by atoms with Gasteiger partial charge in [-0.3, -0.25) is 9.59 Å². The summed E-state index contributed by atoms with van der Waals surface area (Å²) in [7, 11) is 1.54. The molecule has 2 amide bonds. The van der Waals surface area contributed by atoms with Gasteiger partial charge in [-0.2, -0.15) is 0 Å². The van der Waals surface area contributed by atoms with Crippen molar-refractivity contribution in [2.24, 2.45) is 5.92 Å². The fourth-order valence-corrected chi connectivity index (χ4v) is 2.78. The van der Waals surface area contributed by atoms with Crippen molar-refractivity contribution < 1.29 is 19.1 Å². The molecule has 0 atom stereocenters. The van der Waals surface area contributed by atoms with Gasteiger partial charge in [0.25, 0.3) is 5.91 Å². The van der Waals surface area contributed by atoms with Gasteiger partial charge in [-0.25, -0.2) is 0 Å². The lowest BCUT2D eigenvalue weighted by atomic mass is 10.1. The Bertz CT molecular complexity index is 888. The Labute approximate surface area is 165 Å². The van der Waals surface area contributed by atoms with Gasteiger partial charge in [0, 0.05) is 22.9 Å². The van der Waals surface area contributed by atoms with E-state index in [9.17, 15) is 9.59 Å². The van der Waals surface area contributed by atoms with E-state index in [0.29, 0.717) is 28.4 Å². The summed E-state index contributed by atoms with van der Waals surface area (Å²) in [5, 5.41) is 5.81. The zero-order valence-corrected chi connectivity index (χ0v) is 16.7. The molecule has 0 spiro atoms. The summed E-state index contributed by atoms with van der Waals surface area (Å²) >= 11 is 0. The number of hydrogen-bond acceptors (Lipinski definition) is 4. The molecule has 1 saturated carbocycles. The highest BCUT2D eigenvalue weighted by Crippen LogP contribution is 2.31. The van der Waals surface area contributed by atoms with E-state index in [1.54, 1.807) is 31.4 Å². The molecule has 1 fully saturated rings. The van der Waals surface area contributed by atoms with E-state index in [-0.39, 0.29) is 23.8 Å². The second kappa shape index (κ2) is 8.33. The number of nitrogens with one attached hydrogen (secondary N) is 2. The lowest BCUT2D eigenvalue weighted by molar-refractivity contribution is -0.117. The average molecular weight is 382 g/mol. The third-order valence-corrected chi connectivity index (χ3v) is 4.49. The number of carbonyl (C=O) groups excluding carboxylic acids is 2. The lowest BCUT2D eigenvalue weighted by Gasteiger charge is -2.15. The van der Waals surface area contributed by atoms with Crippen molar-refractivity contribution in [3.63, 3.8) is 0 Å². The van der Waals surface area contributed by atoms with Crippen LogP contribution in [0.25, 0.3) is 0 Å². The van der Waals surface area contributed by atoms with Gasteiger partial charge in [0.05, 0.1) is 13.2 Å². The fraction of sp³-hybridized carbons (Fsp3) is 0.364. The maximum atomic E-state index is 12.7. The monoisotopic (exact) mass is 382 g/mol. The molecule has 1 aliphatic carbocycles. The number of ether oxygens (including phenoxy) is 2. The summed E-state index contributed by atoms with van der Waals surface area (Å²) in [6, 6.07) is 10.6. The largest absolute Gasteiger partial charge is 0.493 e. The molecule has 28 heavy (non-hydrogen) atoms. The Balaban J connectivity index is 1.75. The van der Waals surface area contributed by atoms with E-state index in [4.69, 9.17) is 9.47 Å². The number of aryl methyl sites for hydroxylation is 1. The Morgan fingerprint density at radius 3 is 2.43 bits per heavy atom. The van der Waals surface area contributed by atoms with E-state index < -0.39 is 0 Å². The van der Waals surface area contributed by atoms with Crippen molar-refractivity contribution in [1.29, 1.82) is 0 Å². The van der Waals surface area contributed by atoms with Crippen molar-refractivity contribution in [3.8, 4) is 11.5 Å². The Hall–Kier alpha value is -3.02. The first-order valence-corrected chi connectivity index (χ1v) is 9.45. The molecule has 6 heteroatoms. The van der Waals surface area contributed by atoms with Gasteiger partial charge in [-0.15, -0.1) is 0 Å². The van der Waals surface area contributed by atoms with Gasteiger partial charge < -0.3 is 20.1 Å². The first-order valence-electron chi connectivity index (χ1n) is 9.45. The summed E-state index contributed by atoms with van der Waals surface area (Å²) in [6.45, 7) is 5.76. The SMILES string of the molecule is COc1cc(C(=O)Nc2cc(NC(=O)C3CC3)ccc2C)ccc1OC(C)C. The van der Waals surface area contributed by atoms with E-state index in [1.807, 2.05) is 32.9 Å². The zero-order valence-electron chi connectivity index (χ0n) is 16.7. The molecule has 2 aromatic carbocycles. The van der Waals surface area contributed by atoms with Crippen molar-refractivity contribution in [2.75, 3.05) is 17.7 Å². The highest BCUT2D eigenvalue weighted by molar-refractivity contribution is 6.05. The van der Waals surface area contributed by atoms with E-state index in [2.05, 4.69) is 10.6 Å². The maximum Gasteiger partial charge on any atom is 0.255 e. The number of methoxy groups -OCH3 is 1. The molecule has 148 valence electrons. The first kappa shape index (κ1) is 19.7. The zero-order chi connectivity index (χ0) is 20.3. The molecular formula is C22H26N2O4. The Kier molecular flexibility index (Phi) is 5.87. The van der Waals surface area contributed by atoms with Crippen LogP contribution in [0.3, 0.4) is 0 Å². The van der Waals surface area contributed by atoms with Crippen LogP contribution in [0.5, 0.6) is 11.5 Å². The van der Waals surface area contributed by atoms with Crippen molar-refractivity contribution in [1.82, 2.24) is 0 Å². The van der Waals surface area contributed by atoms with Gasteiger partial charge in [-0.1, -0.05) is 6.07 Å². The fourth-order valence-electron chi connectivity index (χ4n) is 2.78. The minimum atomic E-state index is -0.261. The number of amides is 2. The molecule has 6 nitrogen and oxygen atoms in total. The van der Waals surface area contributed by atoms with Crippen LogP contribution in [0.15, 0.2) is 36.4 Å². The second-order valence-corrected chi connectivity index (χ2v) is 7.28. The van der Waals surface area contributed by atoms with Gasteiger partial charge in [-0.05, 0) is 69.5 Å². The molecule has 1 aliphatic rings. The minimum absolute atomic E-state index is 0.00446. The van der Waals surface area contributed by atoms with Crippen LogP contribution in [0.4, 0.5) is 11.4 Å². The molecule has 0 unspecified atom stereocenters. The quantitative estimate of drug-likeness (QED) is 0.744. The van der Waals surface area contributed by atoms with Crippen LogP contribution < -0.4 is 20.1 Å². The van der Waals surface area contributed by atoms with E-state index >= 15 is 0 Å². The van der Waals surface area contributed by atoms with Gasteiger partial charge in [0.15, 0.2) is 11.5 Å².